The summed E-state index contributed by atoms with van der Waals surface area (Å²) in [5, 5.41) is 0. The lowest BCUT2D eigenvalue weighted by Crippen LogP contribution is -2.46. The third-order valence-electron chi connectivity index (χ3n) is 3.54. The molecule has 4 nitrogen and oxygen atoms in total. The number of piperidine rings is 1. The number of hydrogen-bond acceptors (Lipinski definition) is 3. The molecule has 1 aliphatic heterocycles. The molecule has 0 atom stereocenters. The topological polar surface area (TPSA) is 63.4 Å². The van der Waals surface area contributed by atoms with Crippen molar-refractivity contribution in [3.05, 3.63) is 29.3 Å². The molecule has 2 amide bonds. The summed E-state index contributed by atoms with van der Waals surface area (Å²) >= 11 is 0. The number of anilines is 1. The first-order valence-electron chi connectivity index (χ1n) is 6.99. The number of imide groups is 1. The van der Waals surface area contributed by atoms with Gasteiger partial charge in [0.05, 0.1) is 12.2 Å². The van der Waals surface area contributed by atoms with Crippen LogP contribution in [0.3, 0.4) is 0 Å². The first-order chi connectivity index (χ1) is 9.84. The van der Waals surface area contributed by atoms with Crippen LogP contribution in [-0.2, 0) is 9.59 Å². The lowest BCUT2D eigenvalue weighted by Gasteiger charge is -2.35. The van der Waals surface area contributed by atoms with Gasteiger partial charge in [-0.3, -0.25) is 14.5 Å². The highest BCUT2D eigenvalue weighted by Crippen LogP contribution is 2.35. The maximum atomic E-state index is 12.3. The minimum atomic E-state index is -0.268. The summed E-state index contributed by atoms with van der Waals surface area (Å²) in [6.07, 6.45) is 0.744. The van der Waals surface area contributed by atoms with Crippen LogP contribution in [-0.4, -0.2) is 18.4 Å². The van der Waals surface area contributed by atoms with Crippen molar-refractivity contribution in [1.29, 1.82) is 0 Å². The molecule has 1 aromatic carbocycles. The average molecular weight is 284 g/mol. The van der Waals surface area contributed by atoms with Crippen molar-refractivity contribution in [1.82, 2.24) is 0 Å². The second kappa shape index (κ2) is 5.71. The van der Waals surface area contributed by atoms with Crippen LogP contribution in [0.1, 0.15) is 37.8 Å². The molecule has 1 saturated heterocycles. The summed E-state index contributed by atoms with van der Waals surface area (Å²) in [6, 6.07) is 5.52. The lowest BCUT2D eigenvalue weighted by atomic mass is 9.81. The summed E-state index contributed by atoms with van der Waals surface area (Å²) < 4.78 is 0. The Morgan fingerprint density at radius 2 is 1.86 bits per heavy atom. The number of amides is 2. The van der Waals surface area contributed by atoms with Crippen molar-refractivity contribution in [2.45, 2.75) is 33.6 Å². The Labute approximate surface area is 125 Å². The number of nitrogens with zero attached hydrogens (tertiary/aromatic N) is 1. The Morgan fingerprint density at radius 1 is 1.24 bits per heavy atom. The summed E-state index contributed by atoms with van der Waals surface area (Å²) in [5.41, 5.74) is 7.37. The van der Waals surface area contributed by atoms with Crippen molar-refractivity contribution in [2.75, 3.05) is 11.4 Å². The Balaban J connectivity index is 2.41. The van der Waals surface area contributed by atoms with Gasteiger partial charge in [-0.05, 0) is 30.0 Å². The van der Waals surface area contributed by atoms with Gasteiger partial charge in [-0.1, -0.05) is 31.8 Å². The summed E-state index contributed by atoms with van der Waals surface area (Å²) in [4.78, 5) is 26.0. The van der Waals surface area contributed by atoms with Crippen molar-refractivity contribution in [2.24, 2.45) is 11.1 Å². The molecule has 2 N–H and O–H groups in total. The molecular weight excluding hydrogens is 264 g/mol. The van der Waals surface area contributed by atoms with Crippen LogP contribution in [0.15, 0.2) is 18.2 Å². The van der Waals surface area contributed by atoms with E-state index in [-0.39, 0.29) is 23.8 Å². The van der Waals surface area contributed by atoms with Crippen LogP contribution in [0.25, 0.3) is 0 Å². The second-order valence-electron chi connectivity index (χ2n) is 6.15. The van der Waals surface area contributed by atoms with Gasteiger partial charge in [0.15, 0.2) is 0 Å². The molecule has 110 valence electrons. The molecule has 0 spiro atoms. The molecule has 1 aliphatic rings. The summed E-state index contributed by atoms with van der Waals surface area (Å²) in [7, 11) is 0. The normalized spacial score (nSPS) is 17.4. The summed E-state index contributed by atoms with van der Waals surface area (Å²) in [5.74, 6) is 5.41. The van der Waals surface area contributed by atoms with Gasteiger partial charge in [0.25, 0.3) is 0 Å². The van der Waals surface area contributed by atoms with E-state index in [1.165, 1.54) is 4.90 Å². The van der Waals surface area contributed by atoms with Crippen LogP contribution in [0.5, 0.6) is 0 Å². The molecule has 21 heavy (non-hydrogen) atoms. The van der Waals surface area contributed by atoms with Gasteiger partial charge in [-0.25, -0.2) is 0 Å². The van der Waals surface area contributed by atoms with E-state index in [1.807, 2.05) is 32.9 Å². The minimum Gasteiger partial charge on any atom is -0.320 e. The van der Waals surface area contributed by atoms with Gasteiger partial charge < -0.3 is 5.73 Å². The highest BCUT2D eigenvalue weighted by Gasteiger charge is 2.38. The lowest BCUT2D eigenvalue weighted by molar-refractivity contribution is -0.132. The van der Waals surface area contributed by atoms with Crippen molar-refractivity contribution in [3.8, 4) is 11.8 Å². The smallest absolute Gasteiger partial charge is 0.234 e. The zero-order chi connectivity index (χ0) is 15.6. The number of carbonyl (C=O) groups excluding carboxylic acids is 2. The third kappa shape index (κ3) is 3.32. The van der Waals surface area contributed by atoms with Crippen molar-refractivity contribution in [3.63, 3.8) is 0 Å². The van der Waals surface area contributed by atoms with Gasteiger partial charge in [0, 0.05) is 18.4 Å². The van der Waals surface area contributed by atoms with E-state index in [0.29, 0.717) is 18.5 Å². The molecule has 1 aromatic rings. The van der Waals surface area contributed by atoms with Crippen molar-refractivity contribution >= 4 is 17.5 Å². The Kier molecular flexibility index (Phi) is 4.15. The van der Waals surface area contributed by atoms with Crippen molar-refractivity contribution < 1.29 is 9.59 Å². The first-order valence-corrected chi connectivity index (χ1v) is 6.99. The van der Waals surface area contributed by atoms with E-state index in [9.17, 15) is 9.59 Å². The molecular formula is C17H20N2O2. The standard InChI is InChI=1S/C17H20N2O2/c1-12-6-7-13(5-4-8-18)9-14(12)19-15(20)10-17(2,3)11-16(19)21/h6-7,9H,8,10-11,18H2,1-3H3. The van der Waals surface area contributed by atoms with Gasteiger partial charge in [-0.2, -0.15) is 0 Å². The molecule has 4 heteroatoms. The van der Waals surface area contributed by atoms with E-state index >= 15 is 0 Å². The molecule has 1 heterocycles. The van der Waals surface area contributed by atoms with Gasteiger partial charge in [0.2, 0.25) is 11.8 Å². The molecule has 0 unspecified atom stereocenters. The Hall–Kier alpha value is -2.12. The number of benzene rings is 1. The number of nitrogens with two attached hydrogens (primary N) is 1. The van der Waals surface area contributed by atoms with Gasteiger partial charge >= 0.3 is 0 Å². The molecule has 0 aromatic heterocycles. The fraction of sp³-hybridized carbons (Fsp3) is 0.412. The van der Waals surface area contributed by atoms with Crippen LogP contribution >= 0.6 is 0 Å². The van der Waals surface area contributed by atoms with Gasteiger partial charge in [-0.15, -0.1) is 0 Å². The molecule has 0 radical (unpaired) electrons. The molecule has 0 bridgehead atoms. The van der Waals surface area contributed by atoms with Crippen LogP contribution < -0.4 is 10.6 Å². The fourth-order valence-corrected chi connectivity index (χ4v) is 2.53. The SMILES string of the molecule is Cc1ccc(C#CCN)cc1N1C(=O)CC(C)(C)CC1=O. The predicted molar refractivity (Wildman–Crippen MR) is 82.6 cm³/mol. The summed E-state index contributed by atoms with van der Waals surface area (Å²) in [6.45, 7) is 6.04. The monoisotopic (exact) mass is 284 g/mol. The largest absolute Gasteiger partial charge is 0.320 e. The van der Waals surface area contributed by atoms with E-state index in [1.54, 1.807) is 6.07 Å². The van der Waals surface area contributed by atoms with E-state index in [2.05, 4.69) is 11.8 Å². The highest BCUT2D eigenvalue weighted by atomic mass is 16.2. The second-order valence-corrected chi connectivity index (χ2v) is 6.15. The molecule has 0 aliphatic carbocycles. The number of hydrogen-bond donors (Lipinski definition) is 1. The first kappa shape index (κ1) is 15.3. The van der Waals surface area contributed by atoms with E-state index in [4.69, 9.17) is 5.73 Å². The maximum absolute atomic E-state index is 12.3. The maximum Gasteiger partial charge on any atom is 0.234 e. The zero-order valence-electron chi connectivity index (χ0n) is 12.7. The molecule has 0 saturated carbocycles. The number of rotatable bonds is 1. The highest BCUT2D eigenvalue weighted by molar-refractivity contribution is 6.17. The van der Waals surface area contributed by atoms with E-state index < -0.39 is 0 Å². The Morgan fingerprint density at radius 3 is 2.43 bits per heavy atom. The average Bonchev–Trinajstić information content (AvgIpc) is 2.37. The van der Waals surface area contributed by atoms with E-state index in [0.717, 1.165) is 11.1 Å². The Bertz CT molecular complexity index is 630. The molecule has 1 fully saturated rings. The number of aryl methyl sites for hydroxylation is 1. The minimum absolute atomic E-state index is 0.150. The predicted octanol–water partition coefficient (Wildman–Crippen LogP) is 1.98. The fourth-order valence-electron chi connectivity index (χ4n) is 2.53. The van der Waals surface area contributed by atoms with Crippen LogP contribution in [0, 0.1) is 24.2 Å². The quantitative estimate of drug-likeness (QED) is 0.633. The van der Waals surface area contributed by atoms with Crippen LogP contribution in [0.4, 0.5) is 5.69 Å². The van der Waals surface area contributed by atoms with Crippen LogP contribution in [0.2, 0.25) is 0 Å². The third-order valence-corrected chi connectivity index (χ3v) is 3.54. The van der Waals surface area contributed by atoms with Gasteiger partial charge in [0.1, 0.15) is 0 Å². The number of carbonyl (C=O) groups is 2. The molecule has 2 rings (SSSR count). The zero-order valence-corrected chi connectivity index (χ0v) is 12.7.